The summed E-state index contributed by atoms with van der Waals surface area (Å²) in [6.07, 6.45) is 3.82. The molecule has 1 fully saturated rings. The van der Waals surface area contributed by atoms with Crippen molar-refractivity contribution < 1.29 is 4.79 Å². The highest BCUT2D eigenvalue weighted by Gasteiger charge is 2.24. The number of amidine groups is 1. The summed E-state index contributed by atoms with van der Waals surface area (Å²) >= 11 is 7.31. The van der Waals surface area contributed by atoms with Gasteiger partial charge in [-0.1, -0.05) is 23.7 Å². The number of carbonyl (C=O) groups excluding carboxylic acids is 1. The van der Waals surface area contributed by atoms with Gasteiger partial charge in [-0.05, 0) is 78.9 Å². The van der Waals surface area contributed by atoms with Crippen LogP contribution in [0.25, 0.3) is 11.8 Å². The molecule has 6 heteroatoms. The predicted molar refractivity (Wildman–Crippen MR) is 113 cm³/mol. The zero-order valence-corrected chi connectivity index (χ0v) is 16.1. The number of hydrogen-bond acceptors (Lipinski definition) is 3. The van der Waals surface area contributed by atoms with E-state index in [4.69, 9.17) is 11.6 Å². The number of thioether (sulfide) groups is 1. The third-order valence-electron chi connectivity index (χ3n) is 4.05. The number of aryl methyl sites for hydroxylation is 1. The number of aliphatic imine (C=N–C) groups is 1. The summed E-state index contributed by atoms with van der Waals surface area (Å²) in [6, 6.07) is 19.3. The van der Waals surface area contributed by atoms with Crippen LogP contribution < -0.4 is 5.32 Å². The van der Waals surface area contributed by atoms with Gasteiger partial charge in [-0.2, -0.15) is 0 Å². The maximum absolute atomic E-state index is 12.4. The zero-order chi connectivity index (χ0) is 18.8. The van der Waals surface area contributed by atoms with Crippen LogP contribution in [0.1, 0.15) is 11.3 Å². The fourth-order valence-electron chi connectivity index (χ4n) is 2.78. The maximum Gasteiger partial charge on any atom is 0.264 e. The molecule has 4 nitrogen and oxygen atoms in total. The molecule has 3 aromatic rings. The third kappa shape index (κ3) is 3.99. The van der Waals surface area contributed by atoms with E-state index in [1.807, 2.05) is 84.4 Å². The van der Waals surface area contributed by atoms with Crippen molar-refractivity contribution in [2.24, 2.45) is 4.99 Å². The second kappa shape index (κ2) is 7.47. The van der Waals surface area contributed by atoms with E-state index in [-0.39, 0.29) is 5.91 Å². The van der Waals surface area contributed by atoms with E-state index in [0.29, 0.717) is 15.1 Å². The molecule has 1 aliphatic heterocycles. The summed E-state index contributed by atoms with van der Waals surface area (Å²) in [5.74, 6) is -0.143. The Morgan fingerprint density at radius 2 is 1.93 bits per heavy atom. The largest absolute Gasteiger partial charge is 0.317 e. The Kier molecular flexibility index (Phi) is 4.88. The number of amides is 1. The lowest BCUT2D eigenvalue weighted by atomic mass is 10.2. The molecule has 0 unspecified atom stereocenters. The van der Waals surface area contributed by atoms with Gasteiger partial charge in [0, 0.05) is 22.6 Å². The van der Waals surface area contributed by atoms with Crippen LogP contribution in [0.15, 0.2) is 76.8 Å². The van der Waals surface area contributed by atoms with Crippen molar-refractivity contribution in [2.45, 2.75) is 6.92 Å². The Hall–Kier alpha value is -2.76. The average molecular weight is 394 g/mol. The second-order valence-electron chi connectivity index (χ2n) is 6.10. The van der Waals surface area contributed by atoms with E-state index in [1.54, 1.807) is 0 Å². The van der Waals surface area contributed by atoms with Crippen molar-refractivity contribution in [3.8, 4) is 5.69 Å². The predicted octanol–water partition coefficient (Wildman–Crippen LogP) is 5.33. The van der Waals surface area contributed by atoms with Crippen LogP contribution in [0.2, 0.25) is 5.02 Å². The first-order chi connectivity index (χ1) is 13.1. The van der Waals surface area contributed by atoms with E-state index in [2.05, 4.69) is 10.3 Å². The van der Waals surface area contributed by atoms with Crippen LogP contribution in [-0.2, 0) is 4.79 Å². The minimum atomic E-state index is -0.143. The van der Waals surface area contributed by atoms with Crippen LogP contribution in [0.4, 0.5) is 5.69 Å². The molecule has 27 heavy (non-hydrogen) atoms. The van der Waals surface area contributed by atoms with Crippen molar-refractivity contribution in [1.29, 1.82) is 0 Å². The fraction of sp³-hybridized carbons (Fsp3) is 0.0476. The van der Waals surface area contributed by atoms with Gasteiger partial charge in [0.05, 0.1) is 10.6 Å². The van der Waals surface area contributed by atoms with E-state index in [9.17, 15) is 4.79 Å². The Balaban J connectivity index is 1.61. The van der Waals surface area contributed by atoms with Gasteiger partial charge >= 0.3 is 0 Å². The van der Waals surface area contributed by atoms with Gasteiger partial charge < -0.3 is 9.88 Å². The molecule has 134 valence electrons. The smallest absolute Gasteiger partial charge is 0.264 e. The Bertz CT molecular complexity index is 1070. The van der Waals surface area contributed by atoms with Crippen LogP contribution in [-0.4, -0.2) is 15.6 Å². The molecule has 4 rings (SSSR count). The number of carbonyl (C=O) groups is 1. The molecule has 0 spiro atoms. The molecule has 1 aromatic heterocycles. The van der Waals surface area contributed by atoms with Crippen LogP contribution in [0.5, 0.6) is 0 Å². The van der Waals surface area contributed by atoms with Gasteiger partial charge in [0.15, 0.2) is 5.17 Å². The highest BCUT2D eigenvalue weighted by Crippen LogP contribution is 2.29. The van der Waals surface area contributed by atoms with E-state index >= 15 is 0 Å². The van der Waals surface area contributed by atoms with Gasteiger partial charge in [-0.3, -0.25) is 4.79 Å². The number of nitrogens with one attached hydrogen (secondary N) is 1. The monoisotopic (exact) mass is 393 g/mol. The fourth-order valence-corrected chi connectivity index (χ4v) is 3.73. The Morgan fingerprint density at radius 1 is 1.11 bits per heavy atom. The third-order valence-corrected chi connectivity index (χ3v) is 5.21. The maximum atomic E-state index is 12.4. The molecule has 2 aromatic carbocycles. The molecule has 1 amide bonds. The topological polar surface area (TPSA) is 46.4 Å². The zero-order valence-electron chi connectivity index (χ0n) is 14.5. The molecule has 0 radical (unpaired) electrons. The van der Waals surface area contributed by atoms with Crippen LogP contribution in [0, 0.1) is 6.92 Å². The summed E-state index contributed by atoms with van der Waals surface area (Å²) in [5, 5.41) is 4.10. The minimum absolute atomic E-state index is 0.143. The highest BCUT2D eigenvalue weighted by molar-refractivity contribution is 8.18. The number of benzene rings is 2. The van der Waals surface area contributed by atoms with Crippen molar-refractivity contribution in [1.82, 2.24) is 9.88 Å². The van der Waals surface area contributed by atoms with E-state index in [0.717, 1.165) is 22.6 Å². The van der Waals surface area contributed by atoms with E-state index < -0.39 is 0 Å². The van der Waals surface area contributed by atoms with Crippen molar-refractivity contribution >= 4 is 46.2 Å². The lowest BCUT2D eigenvalue weighted by molar-refractivity contribution is -0.115. The molecule has 1 N–H and O–H groups in total. The first-order valence-corrected chi connectivity index (χ1v) is 9.57. The van der Waals surface area contributed by atoms with Crippen LogP contribution in [0.3, 0.4) is 0 Å². The van der Waals surface area contributed by atoms with Crippen LogP contribution >= 0.6 is 23.4 Å². The molecular weight excluding hydrogens is 378 g/mol. The molecule has 2 heterocycles. The molecule has 1 saturated heterocycles. The summed E-state index contributed by atoms with van der Waals surface area (Å²) in [7, 11) is 0. The van der Waals surface area contributed by atoms with Gasteiger partial charge in [-0.25, -0.2) is 4.99 Å². The summed E-state index contributed by atoms with van der Waals surface area (Å²) in [4.78, 5) is 17.5. The van der Waals surface area contributed by atoms with Crippen molar-refractivity contribution in [2.75, 3.05) is 0 Å². The van der Waals surface area contributed by atoms with Crippen molar-refractivity contribution in [3.63, 3.8) is 0 Å². The summed E-state index contributed by atoms with van der Waals surface area (Å²) < 4.78 is 2.01. The highest BCUT2D eigenvalue weighted by atomic mass is 35.5. The van der Waals surface area contributed by atoms with Crippen molar-refractivity contribution in [3.05, 3.63) is 88.0 Å². The molecule has 0 aliphatic carbocycles. The van der Waals surface area contributed by atoms with Gasteiger partial charge in [0.1, 0.15) is 0 Å². The standard InChI is InChI=1S/C21H16ClN3OS/c1-14-4-2-5-16(12-14)23-21-24-20(26)19(27-21)13-18-6-3-11-25(18)17-9-7-15(22)8-10-17/h2-13H,1H3,(H,23,24,26)/b19-13+. The molecular formula is C21H16ClN3OS. The first kappa shape index (κ1) is 17.6. The molecule has 0 bridgehead atoms. The quantitative estimate of drug-likeness (QED) is 0.611. The van der Waals surface area contributed by atoms with Gasteiger partial charge in [-0.15, -0.1) is 0 Å². The molecule has 0 atom stereocenters. The number of nitrogens with zero attached hydrogens (tertiary/aromatic N) is 2. The number of aromatic nitrogens is 1. The van der Waals surface area contributed by atoms with Gasteiger partial charge in [0.25, 0.3) is 5.91 Å². The minimum Gasteiger partial charge on any atom is -0.317 e. The number of halogens is 1. The first-order valence-electron chi connectivity index (χ1n) is 8.38. The van der Waals surface area contributed by atoms with E-state index in [1.165, 1.54) is 11.8 Å². The summed E-state index contributed by atoms with van der Waals surface area (Å²) in [5.41, 5.74) is 3.84. The molecule has 1 aliphatic rings. The lowest BCUT2D eigenvalue weighted by Gasteiger charge is -2.06. The number of rotatable bonds is 3. The lowest BCUT2D eigenvalue weighted by Crippen LogP contribution is -2.19. The normalized spacial score (nSPS) is 16.9. The molecule has 0 saturated carbocycles. The second-order valence-corrected chi connectivity index (χ2v) is 7.57. The Labute approximate surface area is 166 Å². The summed E-state index contributed by atoms with van der Waals surface area (Å²) in [6.45, 7) is 2.01. The Morgan fingerprint density at radius 3 is 2.70 bits per heavy atom. The number of hydrogen-bond donors (Lipinski definition) is 1. The average Bonchev–Trinajstić information content (AvgIpc) is 3.23. The SMILES string of the molecule is Cc1cccc(N=C2NC(=O)/C(=C\c3cccn3-c3ccc(Cl)cc3)S2)c1. The van der Waals surface area contributed by atoms with Gasteiger partial charge in [0.2, 0.25) is 0 Å².